The second-order valence-electron chi connectivity index (χ2n) is 8.00. The molecule has 3 rings (SSSR count). The van der Waals surface area contributed by atoms with Crippen LogP contribution in [0.2, 0.25) is 0 Å². The Hall–Kier alpha value is -1.71. The van der Waals surface area contributed by atoms with Gasteiger partial charge in [0, 0.05) is 43.0 Å². The lowest BCUT2D eigenvalue weighted by Crippen LogP contribution is -2.47. The van der Waals surface area contributed by atoms with Crippen LogP contribution in [-0.2, 0) is 11.3 Å². The number of benzene rings is 1. The first-order chi connectivity index (χ1) is 12.5. The SMILES string of the molecule is CCN(CC)c1ccc2c(c1)OC(C(C)C)C(=O)N(C1CCCCC1)C2. The van der Waals surface area contributed by atoms with E-state index in [0.717, 1.165) is 37.2 Å². The molecule has 26 heavy (non-hydrogen) atoms. The van der Waals surface area contributed by atoms with Crippen molar-refractivity contribution in [3.05, 3.63) is 23.8 Å². The third-order valence-electron chi connectivity index (χ3n) is 5.92. The maximum absolute atomic E-state index is 13.3. The van der Waals surface area contributed by atoms with Crippen LogP contribution in [-0.4, -0.2) is 36.0 Å². The molecule has 0 spiro atoms. The van der Waals surface area contributed by atoms with Crippen molar-refractivity contribution in [3.8, 4) is 5.75 Å². The van der Waals surface area contributed by atoms with E-state index in [0.29, 0.717) is 12.6 Å². The third-order valence-corrected chi connectivity index (χ3v) is 5.92. The summed E-state index contributed by atoms with van der Waals surface area (Å²) in [7, 11) is 0. The van der Waals surface area contributed by atoms with Crippen LogP contribution in [0.1, 0.15) is 65.4 Å². The summed E-state index contributed by atoms with van der Waals surface area (Å²) in [6, 6.07) is 6.84. The number of nitrogens with zero attached hydrogens (tertiary/aromatic N) is 2. The van der Waals surface area contributed by atoms with E-state index in [-0.39, 0.29) is 17.9 Å². The quantitative estimate of drug-likeness (QED) is 0.770. The van der Waals surface area contributed by atoms with Gasteiger partial charge < -0.3 is 14.5 Å². The van der Waals surface area contributed by atoms with Crippen LogP contribution in [0, 0.1) is 5.92 Å². The highest BCUT2D eigenvalue weighted by Gasteiger charge is 2.37. The molecule has 2 aliphatic rings. The molecule has 144 valence electrons. The van der Waals surface area contributed by atoms with Gasteiger partial charge in [-0.1, -0.05) is 39.2 Å². The molecule has 1 atom stereocenters. The van der Waals surface area contributed by atoms with Gasteiger partial charge in [-0.2, -0.15) is 0 Å². The molecule has 1 saturated carbocycles. The minimum Gasteiger partial charge on any atom is -0.480 e. The Balaban J connectivity index is 1.94. The molecule has 0 bridgehead atoms. The Bertz CT molecular complexity index is 619. The van der Waals surface area contributed by atoms with Gasteiger partial charge in [-0.15, -0.1) is 0 Å². The van der Waals surface area contributed by atoms with Crippen molar-refractivity contribution in [2.75, 3.05) is 18.0 Å². The average Bonchev–Trinajstić information content (AvgIpc) is 2.80. The van der Waals surface area contributed by atoms with Crippen LogP contribution >= 0.6 is 0 Å². The zero-order chi connectivity index (χ0) is 18.7. The number of carbonyl (C=O) groups is 1. The standard InChI is InChI=1S/C22H34N2O2/c1-5-23(6-2)19-13-12-17-15-24(18-10-8-7-9-11-18)22(25)21(16(3)4)26-20(17)14-19/h12-14,16,18,21H,5-11,15H2,1-4H3. The summed E-state index contributed by atoms with van der Waals surface area (Å²) in [5.74, 6) is 1.23. The molecule has 0 N–H and O–H groups in total. The smallest absolute Gasteiger partial charge is 0.264 e. The van der Waals surface area contributed by atoms with Gasteiger partial charge in [0.25, 0.3) is 5.91 Å². The topological polar surface area (TPSA) is 32.8 Å². The molecule has 4 nitrogen and oxygen atoms in total. The van der Waals surface area contributed by atoms with Gasteiger partial charge in [0.1, 0.15) is 5.75 Å². The molecule has 1 amide bonds. The number of fused-ring (bicyclic) bond motifs is 1. The Morgan fingerprint density at radius 2 is 1.85 bits per heavy atom. The van der Waals surface area contributed by atoms with Gasteiger partial charge >= 0.3 is 0 Å². The summed E-state index contributed by atoms with van der Waals surface area (Å²) < 4.78 is 6.31. The minimum absolute atomic E-state index is 0.164. The Kier molecular flexibility index (Phi) is 6.10. The molecular formula is C22H34N2O2. The lowest BCUT2D eigenvalue weighted by molar-refractivity contribution is -0.143. The fourth-order valence-corrected chi connectivity index (χ4v) is 4.30. The first-order valence-electron chi connectivity index (χ1n) is 10.4. The van der Waals surface area contributed by atoms with Crippen LogP contribution in [0.15, 0.2) is 18.2 Å². The first-order valence-corrected chi connectivity index (χ1v) is 10.4. The number of carbonyl (C=O) groups excluding carboxylic acids is 1. The van der Waals surface area contributed by atoms with Crippen molar-refractivity contribution in [1.29, 1.82) is 0 Å². The second-order valence-corrected chi connectivity index (χ2v) is 8.00. The van der Waals surface area contributed by atoms with Crippen LogP contribution in [0.4, 0.5) is 5.69 Å². The van der Waals surface area contributed by atoms with E-state index < -0.39 is 0 Å². The van der Waals surface area contributed by atoms with Crippen LogP contribution < -0.4 is 9.64 Å². The van der Waals surface area contributed by atoms with Gasteiger partial charge in [0.15, 0.2) is 6.10 Å². The van der Waals surface area contributed by atoms with Gasteiger partial charge in [-0.3, -0.25) is 4.79 Å². The largest absolute Gasteiger partial charge is 0.480 e. The van der Waals surface area contributed by atoms with Gasteiger partial charge in [-0.05, 0) is 38.7 Å². The van der Waals surface area contributed by atoms with Crippen molar-refractivity contribution >= 4 is 11.6 Å². The number of anilines is 1. The molecule has 1 aromatic rings. The second kappa shape index (κ2) is 8.32. The molecule has 1 heterocycles. The lowest BCUT2D eigenvalue weighted by atomic mass is 9.93. The maximum atomic E-state index is 13.3. The summed E-state index contributed by atoms with van der Waals surface area (Å²) in [5, 5.41) is 0. The monoisotopic (exact) mass is 358 g/mol. The molecule has 0 radical (unpaired) electrons. The van der Waals surface area contributed by atoms with Crippen molar-refractivity contribution in [2.45, 2.75) is 78.5 Å². The number of hydrogen-bond donors (Lipinski definition) is 0. The van der Waals surface area contributed by atoms with E-state index in [4.69, 9.17) is 4.74 Å². The number of ether oxygens (including phenoxy) is 1. The zero-order valence-electron chi connectivity index (χ0n) is 16.8. The minimum atomic E-state index is -0.384. The van der Waals surface area contributed by atoms with Crippen molar-refractivity contribution in [1.82, 2.24) is 4.90 Å². The highest BCUT2D eigenvalue weighted by Crippen LogP contribution is 2.34. The number of hydrogen-bond acceptors (Lipinski definition) is 3. The average molecular weight is 359 g/mol. The molecule has 1 fully saturated rings. The Morgan fingerprint density at radius 3 is 2.46 bits per heavy atom. The number of amides is 1. The van der Waals surface area contributed by atoms with Crippen molar-refractivity contribution < 1.29 is 9.53 Å². The fourth-order valence-electron chi connectivity index (χ4n) is 4.30. The highest BCUT2D eigenvalue weighted by atomic mass is 16.5. The van der Waals surface area contributed by atoms with Crippen LogP contribution in [0.3, 0.4) is 0 Å². The predicted molar refractivity (Wildman–Crippen MR) is 107 cm³/mol. The van der Waals surface area contributed by atoms with Gasteiger partial charge in [0.2, 0.25) is 0 Å². The van der Waals surface area contributed by atoms with E-state index in [1.165, 1.54) is 24.9 Å². The van der Waals surface area contributed by atoms with E-state index in [9.17, 15) is 4.79 Å². The molecule has 1 unspecified atom stereocenters. The van der Waals surface area contributed by atoms with Gasteiger partial charge in [-0.25, -0.2) is 0 Å². The summed E-state index contributed by atoms with van der Waals surface area (Å²) in [6.45, 7) is 11.1. The maximum Gasteiger partial charge on any atom is 0.264 e. The summed E-state index contributed by atoms with van der Waals surface area (Å²) >= 11 is 0. The highest BCUT2D eigenvalue weighted by molar-refractivity contribution is 5.83. The lowest BCUT2D eigenvalue weighted by Gasteiger charge is -2.35. The molecule has 0 aromatic heterocycles. The van der Waals surface area contributed by atoms with Crippen LogP contribution in [0.25, 0.3) is 0 Å². The summed E-state index contributed by atoms with van der Waals surface area (Å²) in [5.41, 5.74) is 2.32. The summed E-state index contributed by atoms with van der Waals surface area (Å²) in [4.78, 5) is 17.7. The van der Waals surface area contributed by atoms with E-state index in [1.807, 2.05) is 0 Å². The Labute approximate surface area is 158 Å². The normalized spacial score (nSPS) is 21.3. The van der Waals surface area contributed by atoms with Gasteiger partial charge in [0.05, 0.1) is 0 Å². The molecular weight excluding hydrogens is 324 g/mol. The fraction of sp³-hybridized carbons (Fsp3) is 0.682. The molecule has 1 aromatic carbocycles. The molecule has 1 aliphatic heterocycles. The third kappa shape index (κ3) is 3.84. The van der Waals surface area contributed by atoms with E-state index in [2.05, 4.69) is 55.7 Å². The van der Waals surface area contributed by atoms with E-state index in [1.54, 1.807) is 0 Å². The summed E-state index contributed by atoms with van der Waals surface area (Å²) in [6.07, 6.45) is 5.63. The van der Waals surface area contributed by atoms with Crippen molar-refractivity contribution in [2.24, 2.45) is 5.92 Å². The van der Waals surface area contributed by atoms with Crippen LogP contribution in [0.5, 0.6) is 5.75 Å². The van der Waals surface area contributed by atoms with Crippen molar-refractivity contribution in [3.63, 3.8) is 0 Å². The van der Waals surface area contributed by atoms with E-state index >= 15 is 0 Å². The molecule has 4 heteroatoms. The molecule has 1 aliphatic carbocycles. The predicted octanol–water partition coefficient (Wildman–Crippen LogP) is 4.61. The molecule has 0 saturated heterocycles. The first kappa shape index (κ1) is 19.1. The Morgan fingerprint density at radius 1 is 1.15 bits per heavy atom. The number of rotatable bonds is 5. The zero-order valence-corrected chi connectivity index (χ0v) is 16.8.